The molecule has 1 N–H and O–H groups in total. The number of thiophene rings is 1. The summed E-state index contributed by atoms with van der Waals surface area (Å²) in [5.74, 6) is 0. The predicted octanol–water partition coefficient (Wildman–Crippen LogP) is 1.74. The van der Waals surface area contributed by atoms with Crippen LogP contribution in [0, 0.1) is 0 Å². The Kier molecular flexibility index (Phi) is 4.82. The van der Waals surface area contributed by atoms with E-state index in [0.29, 0.717) is 6.04 Å². The van der Waals surface area contributed by atoms with Crippen molar-refractivity contribution in [3.8, 4) is 0 Å². The van der Waals surface area contributed by atoms with Crippen molar-refractivity contribution in [1.82, 2.24) is 15.1 Å². The van der Waals surface area contributed by atoms with Crippen LogP contribution in [0.1, 0.15) is 4.88 Å². The van der Waals surface area contributed by atoms with E-state index >= 15 is 0 Å². The van der Waals surface area contributed by atoms with Crippen molar-refractivity contribution in [2.45, 2.75) is 12.6 Å². The highest BCUT2D eigenvalue weighted by Gasteiger charge is 2.21. The van der Waals surface area contributed by atoms with Crippen LogP contribution in [0.5, 0.6) is 0 Å². The lowest BCUT2D eigenvalue weighted by Crippen LogP contribution is -2.53. The van der Waals surface area contributed by atoms with Crippen LogP contribution >= 0.6 is 22.9 Å². The van der Waals surface area contributed by atoms with Crippen LogP contribution in [0.25, 0.3) is 0 Å². The van der Waals surface area contributed by atoms with Crippen molar-refractivity contribution < 1.29 is 0 Å². The minimum Gasteiger partial charge on any atom is -0.310 e. The molecule has 0 aromatic carbocycles. The lowest BCUT2D eigenvalue weighted by atomic mass is 10.2. The average Bonchev–Trinajstić information content (AvgIpc) is 2.69. The van der Waals surface area contributed by atoms with Crippen molar-refractivity contribution >= 4 is 22.9 Å². The van der Waals surface area contributed by atoms with E-state index in [0.717, 1.165) is 31.2 Å². The molecule has 0 amide bonds. The molecule has 1 aliphatic rings. The summed E-state index contributed by atoms with van der Waals surface area (Å²) in [6, 6.07) is 2.65. The predicted molar refractivity (Wildman–Crippen MR) is 75.0 cm³/mol. The maximum absolute atomic E-state index is 5.90. The third-order valence-corrected chi connectivity index (χ3v) is 4.57. The van der Waals surface area contributed by atoms with Gasteiger partial charge in [0.05, 0.1) is 5.02 Å². The fourth-order valence-electron chi connectivity index (χ4n) is 2.13. The molecule has 1 aliphatic heterocycles. The summed E-state index contributed by atoms with van der Waals surface area (Å²) < 4.78 is 0. The summed E-state index contributed by atoms with van der Waals surface area (Å²) in [6.45, 7) is 5.44. The summed E-state index contributed by atoms with van der Waals surface area (Å²) in [5, 5.41) is 6.35. The molecule has 3 nitrogen and oxygen atoms in total. The minimum absolute atomic E-state index is 0.615. The number of piperazine rings is 1. The van der Waals surface area contributed by atoms with Crippen molar-refractivity contribution in [2.75, 3.05) is 40.3 Å². The Morgan fingerprint density at radius 1 is 1.47 bits per heavy atom. The Morgan fingerprint density at radius 2 is 2.29 bits per heavy atom. The van der Waals surface area contributed by atoms with E-state index in [4.69, 9.17) is 11.6 Å². The van der Waals surface area contributed by atoms with E-state index in [-0.39, 0.29) is 0 Å². The van der Waals surface area contributed by atoms with Crippen LogP contribution in [-0.2, 0) is 6.54 Å². The van der Waals surface area contributed by atoms with E-state index < -0.39 is 0 Å². The first-order chi connectivity index (χ1) is 8.15. The second kappa shape index (κ2) is 6.16. The highest BCUT2D eigenvalue weighted by molar-refractivity contribution is 7.10. The van der Waals surface area contributed by atoms with Gasteiger partial charge in [-0.2, -0.15) is 0 Å². The van der Waals surface area contributed by atoms with Gasteiger partial charge in [0.15, 0.2) is 0 Å². The average molecular weight is 274 g/mol. The fraction of sp³-hybridized carbons (Fsp3) is 0.667. The van der Waals surface area contributed by atoms with Crippen LogP contribution in [0.4, 0.5) is 0 Å². The summed E-state index contributed by atoms with van der Waals surface area (Å²) in [4.78, 5) is 6.14. The molecule has 2 heterocycles. The summed E-state index contributed by atoms with van der Waals surface area (Å²) >= 11 is 7.62. The minimum atomic E-state index is 0.615. The quantitative estimate of drug-likeness (QED) is 0.902. The Balaban J connectivity index is 1.74. The monoisotopic (exact) mass is 273 g/mol. The molecule has 2 rings (SSSR count). The Hall–Kier alpha value is -0.130. The van der Waals surface area contributed by atoms with Gasteiger partial charge in [0, 0.05) is 49.0 Å². The summed E-state index contributed by atoms with van der Waals surface area (Å²) in [7, 11) is 4.40. The zero-order valence-corrected chi connectivity index (χ0v) is 12.0. The summed E-state index contributed by atoms with van der Waals surface area (Å²) in [5.41, 5.74) is 0. The smallest absolute Gasteiger partial charge is 0.0516 e. The van der Waals surface area contributed by atoms with Crippen LogP contribution in [0.15, 0.2) is 11.4 Å². The number of likely N-dealkylation sites (N-methyl/N-ethyl adjacent to an activating group) is 2. The SMILES string of the molecule is CN1CCN(C)C(CNCc2cc(Cl)cs2)C1. The van der Waals surface area contributed by atoms with E-state index in [2.05, 4.69) is 29.2 Å². The summed E-state index contributed by atoms with van der Waals surface area (Å²) in [6.07, 6.45) is 0. The van der Waals surface area contributed by atoms with Gasteiger partial charge >= 0.3 is 0 Å². The molecule has 0 saturated carbocycles. The van der Waals surface area contributed by atoms with Crippen molar-refractivity contribution in [3.05, 3.63) is 21.3 Å². The highest BCUT2D eigenvalue weighted by Crippen LogP contribution is 2.18. The first-order valence-electron chi connectivity index (χ1n) is 5.97. The van der Waals surface area contributed by atoms with Gasteiger partial charge in [-0.15, -0.1) is 11.3 Å². The molecular formula is C12H20ClN3S. The molecule has 17 heavy (non-hydrogen) atoms. The van der Waals surface area contributed by atoms with E-state index in [1.165, 1.54) is 11.4 Å². The Morgan fingerprint density at radius 3 is 3.00 bits per heavy atom. The Bertz CT molecular complexity index is 355. The first-order valence-corrected chi connectivity index (χ1v) is 7.23. The fourth-order valence-corrected chi connectivity index (χ4v) is 3.17. The second-order valence-corrected chi connectivity index (χ2v) is 6.19. The third kappa shape index (κ3) is 3.93. The van der Waals surface area contributed by atoms with E-state index in [1.54, 1.807) is 11.3 Å². The maximum atomic E-state index is 5.90. The van der Waals surface area contributed by atoms with Gasteiger partial charge in [0.1, 0.15) is 0 Å². The number of nitrogens with one attached hydrogen (secondary N) is 1. The van der Waals surface area contributed by atoms with Gasteiger partial charge in [-0.1, -0.05) is 11.6 Å². The molecule has 1 fully saturated rings. The van der Waals surface area contributed by atoms with Crippen molar-refractivity contribution in [2.24, 2.45) is 0 Å². The van der Waals surface area contributed by atoms with Gasteiger partial charge in [0.25, 0.3) is 0 Å². The lowest BCUT2D eigenvalue weighted by molar-refractivity contribution is 0.113. The number of hydrogen-bond acceptors (Lipinski definition) is 4. The van der Waals surface area contributed by atoms with Crippen molar-refractivity contribution in [3.63, 3.8) is 0 Å². The number of hydrogen-bond donors (Lipinski definition) is 1. The van der Waals surface area contributed by atoms with Crippen LogP contribution in [0.2, 0.25) is 5.02 Å². The first kappa shape index (κ1) is 13.3. The van der Waals surface area contributed by atoms with E-state index in [9.17, 15) is 0 Å². The molecule has 1 atom stereocenters. The maximum Gasteiger partial charge on any atom is 0.0516 e. The van der Waals surface area contributed by atoms with Gasteiger partial charge in [-0.3, -0.25) is 4.90 Å². The number of rotatable bonds is 4. The molecule has 0 bridgehead atoms. The largest absolute Gasteiger partial charge is 0.310 e. The number of nitrogens with zero attached hydrogens (tertiary/aromatic N) is 2. The number of halogens is 1. The van der Waals surface area contributed by atoms with Crippen LogP contribution < -0.4 is 5.32 Å². The molecule has 0 aliphatic carbocycles. The van der Waals surface area contributed by atoms with E-state index in [1.807, 2.05) is 11.4 Å². The van der Waals surface area contributed by atoms with Gasteiger partial charge in [-0.05, 0) is 20.2 Å². The van der Waals surface area contributed by atoms with Crippen LogP contribution in [0.3, 0.4) is 0 Å². The normalized spacial score (nSPS) is 23.1. The second-order valence-electron chi connectivity index (χ2n) is 4.76. The lowest BCUT2D eigenvalue weighted by Gasteiger charge is -2.37. The molecule has 1 unspecified atom stereocenters. The molecule has 1 aromatic heterocycles. The molecule has 1 aromatic rings. The third-order valence-electron chi connectivity index (χ3n) is 3.28. The zero-order valence-electron chi connectivity index (χ0n) is 10.4. The molecular weight excluding hydrogens is 254 g/mol. The van der Waals surface area contributed by atoms with Crippen molar-refractivity contribution in [1.29, 1.82) is 0 Å². The van der Waals surface area contributed by atoms with Gasteiger partial charge < -0.3 is 10.2 Å². The Labute approximate surface area is 112 Å². The van der Waals surface area contributed by atoms with Crippen LogP contribution in [-0.4, -0.2) is 56.1 Å². The molecule has 1 saturated heterocycles. The van der Waals surface area contributed by atoms with Gasteiger partial charge in [0.2, 0.25) is 0 Å². The van der Waals surface area contributed by atoms with Gasteiger partial charge in [-0.25, -0.2) is 0 Å². The zero-order chi connectivity index (χ0) is 12.3. The molecule has 0 spiro atoms. The molecule has 0 radical (unpaired) electrons. The molecule has 96 valence electrons. The standard InChI is InChI=1S/C12H20ClN3S/c1-15-3-4-16(2)11(8-15)6-14-7-12-5-10(13)9-17-12/h5,9,11,14H,3-4,6-8H2,1-2H3. The highest BCUT2D eigenvalue weighted by atomic mass is 35.5. The topological polar surface area (TPSA) is 18.5 Å². The molecule has 5 heteroatoms.